The molecule has 1 saturated heterocycles. The summed E-state index contributed by atoms with van der Waals surface area (Å²) in [6, 6.07) is 8.38. The third-order valence-electron chi connectivity index (χ3n) is 9.38. The van der Waals surface area contributed by atoms with Crippen molar-refractivity contribution in [2.24, 2.45) is 16.9 Å². The molecule has 1 aromatic heterocycles. The minimum atomic E-state index is -0.981. The van der Waals surface area contributed by atoms with E-state index >= 15 is 4.39 Å². The number of rotatable bonds is 16. The Balaban J connectivity index is 1.35. The van der Waals surface area contributed by atoms with Crippen LogP contribution in [0, 0.1) is 25.1 Å². The van der Waals surface area contributed by atoms with E-state index < -0.39 is 53.2 Å². The number of β-amino-alcohol motifs (C(OH)–C–C–N with tert-alkyl or cyclic N) is 1. The van der Waals surface area contributed by atoms with Gasteiger partial charge in [0, 0.05) is 31.8 Å². The first-order valence-corrected chi connectivity index (χ1v) is 18.9. The lowest BCUT2D eigenvalue weighted by atomic mass is 9.85. The molecule has 0 radical (unpaired) electrons. The predicted molar refractivity (Wildman–Crippen MR) is 202 cm³/mol. The summed E-state index contributed by atoms with van der Waals surface area (Å²) in [6.07, 6.45) is 0.163. The largest absolute Gasteiger partial charge is 0.489 e. The van der Waals surface area contributed by atoms with E-state index in [4.69, 9.17) is 16.2 Å². The lowest BCUT2D eigenvalue weighted by Gasteiger charge is -2.35. The number of hydrogen-bond donors (Lipinski definition) is 5. The maximum Gasteiger partial charge on any atom is 0.246 e. The number of ether oxygens (including phenoxy) is 1. The van der Waals surface area contributed by atoms with Gasteiger partial charge in [-0.05, 0) is 73.8 Å². The van der Waals surface area contributed by atoms with E-state index in [1.165, 1.54) is 4.90 Å². The average Bonchev–Trinajstić information content (AvgIpc) is 3.71. The molecule has 53 heavy (non-hydrogen) atoms. The summed E-state index contributed by atoms with van der Waals surface area (Å²) in [5.41, 5.74) is 16.2. The second-order valence-corrected chi connectivity index (χ2v) is 15.9. The fourth-order valence-corrected chi connectivity index (χ4v) is 7.20. The fourth-order valence-electron chi connectivity index (χ4n) is 6.39. The van der Waals surface area contributed by atoms with Crippen molar-refractivity contribution in [3.8, 4) is 16.2 Å². The molecule has 0 spiro atoms. The number of aliphatic hydroxyl groups is 1. The molecule has 0 aliphatic carbocycles. The summed E-state index contributed by atoms with van der Waals surface area (Å²) >= 11 is 1.56. The Morgan fingerprint density at radius 2 is 1.81 bits per heavy atom. The van der Waals surface area contributed by atoms with E-state index in [-0.39, 0.29) is 56.5 Å². The average molecular weight is 753 g/mol. The van der Waals surface area contributed by atoms with Gasteiger partial charge in [0.25, 0.3) is 0 Å². The van der Waals surface area contributed by atoms with E-state index in [0.29, 0.717) is 18.4 Å². The number of aromatic nitrogens is 1. The zero-order valence-electron chi connectivity index (χ0n) is 31.4. The summed E-state index contributed by atoms with van der Waals surface area (Å²) in [6.45, 7) is 11.1. The zero-order chi connectivity index (χ0) is 39.0. The van der Waals surface area contributed by atoms with Gasteiger partial charge < -0.3 is 36.8 Å². The van der Waals surface area contributed by atoms with Crippen molar-refractivity contribution < 1.29 is 33.4 Å². The molecule has 1 aliphatic rings. The number of hydrogen-bond acceptors (Lipinski definition) is 9. The smallest absolute Gasteiger partial charge is 0.246 e. The first kappa shape index (κ1) is 41.4. The third-order valence-corrected chi connectivity index (χ3v) is 10.4. The molecule has 4 amide bonds. The molecule has 2 heterocycles. The second-order valence-electron chi connectivity index (χ2n) is 15.0. The molecule has 12 nitrogen and oxygen atoms in total. The van der Waals surface area contributed by atoms with Gasteiger partial charge in [-0.25, -0.2) is 9.37 Å². The number of nitrogens with two attached hydrogens (primary N) is 2. The number of carbonyl (C=O) groups excluding carboxylic acids is 4. The Morgan fingerprint density at radius 3 is 2.43 bits per heavy atom. The van der Waals surface area contributed by atoms with Crippen molar-refractivity contribution in [2.45, 2.75) is 110 Å². The summed E-state index contributed by atoms with van der Waals surface area (Å²) in [7, 11) is 0. The molecule has 5 atom stereocenters. The second kappa shape index (κ2) is 18.1. The Labute approximate surface area is 314 Å². The summed E-state index contributed by atoms with van der Waals surface area (Å²) < 4.78 is 21.0. The minimum absolute atomic E-state index is 0.00935. The minimum Gasteiger partial charge on any atom is -0.489 e. The van der Waals surface area contributed by atoms with Crippen LogP contribution in [0.15, 0.2) is 41.9 Å². The lowest BCUT2D eigenvalue weighted by molar-refractivity contribution is -0.144. The van der Waals surface area contributed by atoms with E-state index in [9.17, 15) is 24.3 Å². The van der Waals surface area contributed by atoms with Crippen LogP contribution in [-0.2, 0) is 25.6 Å². The Hall–Kier alpha value is -4.40. The number of nitrogens with one attached hydrogen (secondary N) is 2. The molecule has 7 N–H and O–H groups in total. The molecule has 1 fully saturated rings. The molecule has 0 unspecified atom stereocenters. The first-order valence-electron chi connectivity index (χ1n) is 18.0. The van der Waals surface area contributed by atoms with Gasteiger partial charge in [0.05, 0.1) is 28.2 Å². The van der Waals surface area contributed by atoms with Crippen LogP contribution in [0.2, 0.25) is 0 Å². The molecular weight excluding hydrogens is 700 g/mol. The van der Waals surface area contributed by atoms with Crippen molar-refractivity contribution in [3.05, 3.63) is 70.1 Å². The number of aryl methyl sites for hydroxylation is 3. The number of primary amides is 1. The van der Waals surface area contributed by atoms with Crippen LogP contribution in [0.5, 0.6) is 5.75 Å². The maximum atomic E-state index is 15.3. The topological polar surface area (TPSA) is 190 Å². The summed E-state index contributed by atoms with van der Waals surface area (Å²) in [4.78, 5) is 58.7. The van der Waals surface area contributed by atoms with Crippen molar-refractivity contribution >= 4 is 35.0 Å². The van der Waals surface area contributed by atoms with Crippen LogP contribution < -0.4 is 26.8 Å². The monoisotopic (exact) mass is 752 g/mol. The molecule has 4 rings (SSSR count). The Bertz CT molecular complexity index is 1760. The van der Waals surface area contributed by atoms with Crippen molar-refractivity contribution in [1.82, 2.24) is 20.5 Å². The van der Waals surface area contributed by atoms with E-state index in [1.54, 1.807) is 35.9 Å². The van der Waals surface area contributed by atoms with E-state index in [2.05, 4.69) is 15.6 Å². The molecule has 3 aromatic rings. The quantitative estimate of drug-likeness (QED) is 0.144. The number of aliphatic hydroxyl groups excluding tert-OH is 1. The van der Waals surface area contributed by atoms with Crippen LogP contribution in [0.3, 0.4) is 0 Å². The molecule has 0 saturated carbocycles. The van der Waals surface area contributed by atoms with Gasteiger partial charge in [0.15, 0.2) is 11.6 Å². The first-order chi connectivity index (χ1) is 24.9. The number of benzene rings is 2. The molecule has 0 bridgehead atoms. The molecular formula is C39H53FN6O6S. The SMILES string of the molecule is Cc1cc(CCCC(=O)N[C@H](C(=O)N2C[C@H](O)C[C@H]2C(=O)N[C@@H](C)c2ccc(-c3scnc3C)cc2)C(C)(C)C)c(F)c(OC[C@@H](N)CCC(N)=O)c1. The van der Waals surface area contributed by atoms with Gasteiger partial charge >= 0.3 is 0 Å². The molecule has 2 aromatic carbocycles. The summed E-state index contributed by atoms with van der Waals surface area (Å²) in [5, 5.41) is 16.5. The van der Waals surface area contributed by atoms with Crippen molar-refractivity contribution in [1.29, 1.82) is 0 Å². The highest BCUT2D eigenvalue weighted by Crippen LogP contribution is 2.30. The fraction of sp³-hybridized carbons (Fsp3) is 0.513. The molecule has 1 aliphatic heterocycles. The highest BCUT2D eigenvalue weighted by atomic mass is 32.1. The predicted octanol–water partition coefficient (Wildman–Crippen LogP) is 4.23. The van der Waals surface area contributed by atoms with Gasteiger partial charge in [0.2, 0.25) is 23.6 Å². The summed E-state index contributed by atoms with van der Waals surface area (Å²) in [5.74, 6) is -2.22. The molecule has 14 heteroatoms. The van der Waals surface area contributed by atoms with Crippen LogP contribution in [0.4, 0.5) is 4.39 Å². The number of carbonyl (C=O) groups is 4. The van der Waals surface area contributed by atoms with Gasteiger partial charge in [-0.15, -0.1) is 11.3 Å². The van der Waals surface area contributed by atoms with E-state index in [1.807, 2.05) is 58.9 Å². The van der Waals surface area contributed by atoms with Crippen LogP contribution in [-0.4, -0.2) is 76.0 Å². The van der Waals surface area contributed by atoms with Gasteiger partial charge in [-0.3, -0.25) is 19.2 Å². The number of likely N-dealkylation sites (tertiary alicyclic amines) is 1. The number of thiazole rings is 1. The van der Waals surface area contributed by atoms with Crippen molar-refractivity contribution in [2.75, 3.05) is 13.2 Å². The molecule has 288 valence electrons. The van der Waals surface area contributed by atoms with Gasteiger partial charge in [-0.2, -0.15) is 0 Å². The third kappa shape index (κ3) is 11.3. The number of halogens is 1. The Morgan fingerprint density at radius 1 is 1.11 bits per heavy atom. The standard InChI is InChI=1S/C39H53FN6O6S/c1-22-16-27(34(40)31(17-22)52-20-28(41)14-15-32(42)48)8-7-9-33(49)45-36(39(4,5)6)38(51)46-19-29(47)18-30(46)37(50)44-23(2)25-10-12-26(13-11-25)35-24(3)43-21-53-35/h10-13,16-17,21,23,28-30,36,47H,7-9,14-15,18-20,41H2,1-6H3,(H2,42,48)(H,44,50)(H,45,49)/t23-,28-,29+,30-,36+/m0/s1. The highest BCUT2D eigenvalue weighted by Gasteiger charge is 2.44. The van der Waals surface area contributed by atoms with Crippen LogP contribution in [0.1, 0.15) is 88.2 Å². The number of amides is 4. The van der Waals surface area contributed by atoms with Crippen LogP contribution >= 0.6 is 11.3 Å². The lowest BCUT2D eigenvalue weighted by Crippen LogP contribution is -2.57. The van der Waals surface area contributed by atoms with Crippen LogP contribution in [0.25, 0.3) is 10.4 Å². The maximum absolute atomic E-state index is 15.3. The highest BCUT2D eigenvalue weighted by molar-refractivity contribution is 7.13. The normalized spacial score (nSPS) is 17.6. The van der Waals surface area contributed by atoms with Gasteiger partial charge in [0.1, 0.15) is 18.7 Å². The van der Waals surface area contributed by atoms with Gasteiger partial charge in [-0.1, -0.05) is 51.1 Å². The zero-order valence-corrected chi connectivity index (χ0v) is 32.2. The van der Waals surface area contributed by atoms with E-state index in [0.717, 1.165) is 27.3 Å². The van der Waals surface area contributed by atoms with Crippen molar-refractivity contribution in [3.63, 3.8) is 0 Å². The number of nitrogens with zero attached hydrogens (tertiary/aromatic N) is 2. The Kier molecular flexibility index (Phi) is 14.1.